The number of hydrogen-bond acceptors (Lipinski definition) is 4. The van der Waals surface area contributed by atoms with Gasteiger partial charge in [-0.1, -0.05) is 0 Å². The largest absolute Gasteiger partial charge is 0.385 e. The first-order chi connectivity index (χ1) is 7.13. The Morgan fingerprint density at radius 3 is 3.00 bits per heavy atom. The van der Waals surface area contributed by atoms with E-state index >= 15 is 0 Å². The van der Waals surface area contributed by atoms with Gasteiger partial charge in [-0.3, -0.25) is 0 Å². The monoisotopic (exact) mass is 226 g/mol. The van der Waals surface area contributed by atoms with Gasteiger partial charge in [0.1, 0.15) is 5.01 Å². The number of ether oxygens (including phenoxy) is 1. The molecule has 1 aliphatic rings. The van der Waals surface area contributed by atoms with Crippen LogP contribution in [0.25, 0.3) is 0 Å². The van der Waals surface area contributed by atoms with Crippen molar-refractivity contribution < 1.29 is 4.74 Å². The molecular formula is C11H18N2OS. The van der Waals surface area contributed by atoms with Gasteiger partial charge in [0, 0.05) is 18.6 Å². The molecule has 1 aliphatic carbocycles. The van der Waals surface area contributed by atoms with E-state index in [9.17, 15) is 0 Å². The summed E-state index contributed by atoms with van der Waals surface area (Å²) in [5.41, 5.74) is 7.21. The molecule has 0 radical (unpaired) electrons. The van der Waals surface area contributed by atoms with Gasteiger partial charge < -0.3 is 10.5 Å². The van der Waals surface area contributed by atoms with Crippen LogP contribution in [0.2, 0.25) is 0 Å². The normalized spacial score (nSPS) is 18.9. The summed E-state index contributed by atoms with van der Waals surface area (Å²) in [6.45, 7) is 2.73. The minimum atomic E-state index is -0.328. The van der Waals surface area contributed by atoms with Crippen LogP contribution in [0.4, 0.5) is 0 Å². The summed E-state index contributed by atoms with van der Waals surface area (Å²) < 4.78 is 5.07. The van der Waals surface area contributed by atoms with Crippen LogP contribution < -0.4 is 5.73 Å². The third kappa shape index (κ3) is 2.22. The first kappa shape index (κ1) is 11.0. The van der Waals surface area contributed by atoms with E-state index in [4.69, 9.17) is 10.5 Å². The lowest BCUT2D eigenvalue weighted by molar-refractivity contribution is 0.172. The van der Waals surface area contributed by atoms with E-state index in [0.717, 1.165) is 17.8 Å². The van der Waals surface area contributed by atoms with E-state index in [-0.39, 0.29) is 5.54 Å². The standard InChI is InChI=1S/C11H18N2OS/c1-11(12,6-7-14-2)10-13-8-4-3-5-9(8)15-10/h3-7,12H2,1-2H3. The molecule has 1 aromatic rings. The Kier molecular flexibility index (Phi) is 3.09. The van der Waals surface area contributed by atoms with Crippen LogP contribution in [-0.4, -0.2) is 18.7 Å². The number of nitrogens with two attached hydrogens (primary N) is 1. The first-order valence-corrected chi connectivity index (χ1v) is 6.22. The molecule has 4 heteroatoms. The summed E-state index contributed by atoms with van der Waals surface area (Å²) in [4.78, 5) is 6.10. The number of thiazole rings is 1. The summed E-state index contributed by atoms with van der Waals surface area (Å²) in [6, 6.07) is 0. The van der Waals surface area contributed by atoms with Crippen molar-refractivity contribution in [2.24, 2.45) is 5.73 Å². The average molecular weight is 226 g/mol. The maximum absolute atomic E-state index is 6.25. The zero-order valence-corrected chi connectivity index (χ0v) is 10.2. The van der Waals surface area contributed by atoms with Gasteiger partial charge in [-0.25, -0.2) is 4.98 Å². The van der Waals surface area contributed by atoms with Crippen molar-refractivity contribution in [2.75, 3.05) is 13.7 Å². The second kappa shape index (κ2) is 4.20. The molecule has 3 nitrogen and oxygen atoms in total. The zero-order chi connectivity index (χ0) is 10.9. The third-order valence-electron chi connectivity index (χ3n) is 2.91. The van der Waals surface area contributed by atoms with Gasteiger partial charge in [0.25, 0.3) is 0 Å². The van der Waals surface area contributed by atoms with Crippen LogP contribution in [-0.2, 0) is 23.1 Å². The molecule has 0 amide bonds. The SMILES string of the molecule is COCCC(C)(N)c1nc2c(s1)CCC2. The summed E-state index contributed by atoms with van der Waals surface area (Å²) in [6.07, 6.45) is 4.41. The Morgan fingerprint density at radius 2 is 2.33 bits per heavy atom. The van der Waals surface area contributed by atoms with Gasteiger partial charge in [-0.15, -0.1) is 11.3 Å². The molecule has 0 saturated carbocycles. The van der Waals surface area contributed by atoms with Crippen LogP contribution in [0.1, 0.15) is 35.3 Å². The van der Waals surface area contributed by atoms with Crippen LogP contribution in [0, 0.1) is 0 Å². The van der Waals surface area contributed by atoms with Crippen molar-refractivity contribution in [1.82, 2.24) is 4.98 Å². The molecule has 1 atom stereocenters. The molecule has 0 spiro atoms. The maximum Gasteiger partial charge on any atom is 0.113 e. The van der Waals surface area contributed by atoms with Crippen LogP contribution in [0.15, 0.2) is 0 Å². The number of nitrogens with zero attached hydrogens (tertiary/aromatic N) is 1. The second-order valence-electron chi connectivity index (χ2n) is 4.40. The molecule has 0 bridgehead atoms. The number of rotatable bonds is 4. The molecule has 84 valence electrons. The van der Waals surface area contributed by atoms with Gasteiger partial charge in [0.05, 0.1) is 11.2 Å². The van der Waals surface area contributed by atoms with Crippen molar-refractivity contribution in [3.63, 3.8) is 0 Å². The summed E-state index contributed by atoms with van der Waals surface area (Å²) in [5.74, 6) is 0. The van der Waals surface area contributed by atoms with Crippen molar-refractivity contribution in [1.29, 1.82) is 0 Å². The Bertz CT molecular complexity index is 325. The Balaban J connectivity index is 2.14. The highest BCUT2D eigenvalue weighted by Crippen LogP contribution is 2.33. The smallest absolute Gasteiger partial charge is 0.113 e. The van der Waals surface area contributed by atoms with Gasteiger partial charge in [-0.05, 0) is 32.6 Å². The highest BCUT2D eigenvalue weighted by molar-refractivity contribution is 7.12. The molecule has 0 aromatic carbocycles. The highest BCUT2D eigenvalue weighted by atomic mass is 32.1. The maximum atomic E-state index is 6.25. The zero-order valence-electron chi connectivity index (χ0n) is 9.38. The minimum absolute atomic E-state index is 0.328. The van der Waals surface area contributed by atoms with Crippen LogP contribution in [0.5, 0.6) is 0 Å². The lowest BCUT2D eigenvalue weighted by Crippen LogP contribution is -2.34. The average Bonchev–Trinajstić information content (AvgIpc) is 2.73. The fraction of sp³-hybridized carbons (Fsp3) is 0.727. The van der Waals surface area contributed by atoms with Crippen molar-refractivity contribution in [3.05, 3.63) is 15.6 Å². The summed E-state index contributed by atoms with van der Waals surface area (Å²) in [7, 11) is 1.71. The van der Waals surface area contributed by atoms with Crippen molar-refractivity contribution >= 4 is 11.3 Å². The van der Waals surface area contributed by atoms with Crippen LogP contribution in [0.3, 0.4) is 0 Å². The first-order valence-electron chi connectivity index (χ1n) is 5.40. The predicted octanol–water partition coefficient (Wildman–Crippen LogP) is 1.84. The molecular weight excluding hydrogens is 208 g/mol. The van der Waals surface area contributed by atoms with E-state index in [1.54, 1.807) is 18.4 Å². The molecule has 1 aromatic heterocycles. The minimum Gasteiger partial charge on any atom is -0.385 e. The molecule has 0 aliphatic heterocycles. The molecule has 1 heterocycles. The second-order valence-corrected chi connectivity index (χ2v) is 5.49. The number of aryl methyl sites for hydroxylation is 2. The van der Waals surface area contributed by atoms with Gasteiger partial charge in [0.2, 0.25) is 0 Å². The summed E-state index contributed by atoms with van der Waals surface area (Å²) in [5, 5.41) is 1.07. The Labute approximate surface area is 94.7 Å². The van der Waals surface area contributed by atoms with Gasteiger partial charge in [0.15, 0.2) is 0 Å². The van der Waals surface area contributed by atoms with E-state index in [0.29, 0.717) is 6.61 Å². The number of fused-ring (bicyclic) bond motifs is 1. The third-order valence-corrected chi connectivity index (χ3v) is 4.35. The molecule has 0 fully saturated rings. The number of methoxy groups -OCH3 is 1. The van der Waals surface area contributed by atoms with Gasteiger partial charge in [-0.2, -0.15) is 0 Å². The highest BCUT2D eigenvalue weighted by Gasteiger charge is 2.28. The van der Waals surface area contributed by atoms with E-state index < -0.39 is 0 Å². The predicted molar refractivity (Wildman–Crippen MR) is 62.2 cm³/mol. The lowest BCUT2D eigenvalue weighted by Gasteiger charge is -2.21. The fourth-order valence-electron chi connectivity index (χ4n) is 1.86. The Morgan fingerprint density at radius 1 is 1.53 bits per heavy atom. The quantitative estimate of drug-likeness (QED) is 0.852. The lowest BCUT2D eigenvalue weighted by atomic mass is 10.0. The van der Waals surface area contributed by atoms with Gasteiger partial charge >= 0.3 is 0 Å². The van der Waals surface area contributed by atoms with E-state index in [1.165, 1.54) is 23.4 Å². The van der Waals surface area contributed by atoms with Crippen LogP contribution >= 0.6 is 11.3 Å². The van der Waals surface area contributed by atoms with Crippen molar-refractivity contribution in [3.8, 4) is 0 Å². The molecule has 0 saturated heterocycles. The molecule has 2 rings (SSSR count). The summed E-state index contributed by atoms with van der Waals surface area (Å²) >= 11 is 1.79. The molecule has 1 unspecified atom stereocenters. The van der Waals surface area contributed by atoms with Crippen molar-refractivity contribution in [2.45, 2.75) is 38.1 Å². The number of aromatic nitrogens is 1. The number of hydrogen-bond donors (Lipinski definition) is 1. The van der Waals surface area contributed by atoms with E-state index in [1.807, 2.05) is 6.92 Å². The molecule has 15 heavy (non-hydrogen) atoms. The molecule has 2 N–H and O–H groups in total. The van der Waals surface area contributed by atoms with E-state index in [2.05, 4.69) is 4.98 Å². The fourth-order valence-corrected chi connectivity index (χ4v) is 3.09. The topological polar surface area (TPSA) is 48.1 Å². The Hall–Kier alpha value is -0.450.